The van der Waals surface area contributed by atoms with Gasteiger partial charge in [-0.3, -0.25) is 0 Å². The van der Waals surface area contributed by atoms with Gasteiger partial charge in [-0.1, -0.05) is 13.3 Å². The van der Waals surface area contributed by atoms with Crippen LogP contribution in [0.25, 0.3) is 0 Å². The van der Waals surface area contributed by atoms with Crippen LogP contribution in [0, 0.1) is 35.5 Å². The van der Waals surface area contributed by atoms with Crippen LogP contribution in [-0.4, -0.2) is 26.9 Å². The third-order valence-corrected chi connectivity index (χ3v) is 6.08. The number of hydrogen-bond acceptors (Lipinski definition) is 2. The molecule has 110 valence electrons. The third kappa shape index (κ3) is 2.71. The molecule has 6 atom stereocenters. The summed E-state index contributed by atoms with van der Waals surface area (Å²) in [6.07, 6.45) is 8.33. The van der Waals surface area contributed by atoms with Crippen molar-refractivity contribution >= 4 is 0 Å². The average molecular weight is 266 g/mol. The van der Waals surface area contributed by atoms with Crippen LogP contribution >= 0.6 is 0 Å². The maximum Gasteiger partial charge on any atom is 0.0497 e. The molecule has 0 aromatic heterocycles. The van der Waals surface area contributed by atoms with E-state index in [0.29, 0.717) is 0 Å². The fourth-order valence-electron chi connectivity index (χ4n) is 5.37. The van der Waals surface area contributed by atoms with Crippen molar-refractivity contribution in [2.24, 2.45) is 35.5 Å². The summed E-state index contributed by atoms with van der Waals surface area (Å²) in [5, 5.41) is 0. The molecule has 3 fully saturated rings. The van der Waals surface area contributed by atoms with Crippen LogP contribution in [0.5, 0.6) is 0 Å². The van der Waals surface area contributed by atoms with Crippen molar-refractivity contribution in [1.29, 1.82) is 0 Å². The maximum absolute atomic E-state index is 5.91. The van der Waals surface area contributed by atoms with Crippen LogP contribution in [0.15, 0.2) is 0 Å². The largest absolute Gasteiger partial charge is 0.384 e. The highest BCUT2D eigenvalue weighted by Gasteiger charge is 2.55. The molecule has 0 aromatic carbocycles. The number of unbranched alkanes of at least 4 members (excludes halogenated alkanes) is 1. The van der Waals surface area contributed by atoms with Gasteiger partial charge in [0.1, 0.15) is 0 Å². The fourth-order valence-corrected chi connectivity index (χ4v) is 5.37. The summed E-state index contributed by atoms with van der Waals surface area (Å²) in [4.78, 5) is 0. The highest BCUT2D eigenvalue weighted by molar-refractivity contribution is 5.04. The van der Waals surface area contributed by atoms with E-state index in [9.17, 15) is 0 Å². The van der Waals surface area contributed by atoms with Gasteiger partial charge in [0.2, 0.25) is 0 Å². The minimum atomic E-state index is 0.852. The first-order chi connectivity index (χ1) is 9.33. The normalized spacial score (nSPS) is 43.9. The molecule has 0 aromatic rings. The Kier molecular flexibility index (Phi) is 4.48. The number of ether oxygens (including phenoxy) is 2. The predicted molar refractivity (Wildman–Crippen MR) is 77.0 cm³/mol. The minimum Gasteiger partial charge on any atom is -0.384 e. The van der Waals surface area contributed by atoms with E-state index in [-0.39, 0.29) is 0 Å². The fraction of sp³-hybridized carbons (Fsp3) is 1.00. The van der Waals surface area contributed by atoms with Gasteiger partial charge in [0.05, 0.1) is 0 Å². The lowest BCUT2D eigenvalue weighted by Gasteiger charge is -2.31. The van der Waals surface area contributed by atoms with Crippen LogP contribution in [0.4, 0.5) is 0 Å². The third-order valence-electron chi connectivity index (χ3n) is 6.08. The van der Waals surface area contributed by atoms with E-state index >= 15 is 0 Å². The molecule has 6 unspecified atom stereocenters. The quantitative estimate of drug-likeness (QED) is 0.653. The summed E-state index contributed by atoms with van der Waals surface area (Å²) < 4.78 is 11.3. The molecule has 3 aliphatic rings. The standard InChI is InChI=1S/C17H30O2/c1-3-4-5-19-11-14-8-13-9-16(14)17-7-12(10-18-2)6-15(13)17/h12-17H,3-11H2,1-2H3. The van der Waals surface area contributed by atoms with Crippen molar-refractivity contribution < 1.29 is 9.47 Å². The molecule has 0 heterocycles. The summed E-state index contributed by atoms with van der Waals surface area (Å²) >= 11 is 0. The van der Waals surface area contributed by atoms with Gasteiger partial charge in [-0.25, -0.2) is 0 Å². The Hall–Kier alpha value is -0.0800. The SMILES string of the molecule is CCCCOCC1CC2CC1C1CC(COC)CC21. The van der Waals surface area contributed by atoms with Crippen molar-refractivity contribution in [2.75, 3.05) is 26.9 Å². The molecule has 2 heteroatoms. The first-order valence-corrected chi connectivity index (χ1v) is 8.40. The molecule has 19 heavy (non-hydrogen) atoms. The van der Waals surface area contributed by atoms with E-state index in [2.05, 4.69) is 6.92 Å². The Balaban J connectivity index is 1.49. The van der Waals surface area contributed by atoms with Crippen LogP contribution < -0.4 is 0 Å². The average Bonchev–Trinajstić information content (AvgIpc) is 3.05. The number of rotatable bonds is 7. The molecular formula is C17H30O2. The predicted octanol–water partition coefficient (Wildman–Crippen LogP) is 3.75. The summed E-state index contributed by atoms with van der Waals surface area (Å²) in [7, 11) is 1.85. The first-order valence-electron chi connectivity index (χ1n) is 8.40. The van der Waals surface area contributed by atoms with E-state index in [4.69, 9.17) is 9.47 Å². The number of fused-ring (bicyclic) bond motifs is 5. The smallest absolute Gasteiger partial charge is 0.0497 e. The Labute approximate surface area is 118 Å². The Morgan fingerprint density at radius 3 is 2.58 bits per heavy atom. The number of methoxy groups -OCH3 is 1. The highest BCUT2D eigenvalue weighted by atomic mass is 16.5. The summed E-state index contributed by atoms with van der Waals surface area (Å²) in [6.45, 7) is 5.24. The first kappa shape index (κ1) is 13.9. The molecule has 0 aliphatic heterocycles. The van der Waals surface area contributed by atoms with Crippen molar-refractivity contribution in [3.8, 4) is 0 Å². The molecule has 3 rings (SSSR count). The summed E-state index contributed by atoms with van der Waals surface area (Å²) in [5.41, 5.74) is 0. The van der Waals surface area contributed by atoms with E-state index in [0.717, 1.165) is 55.3 Å². The zero-order valence-electron chi connectivity index (χ0n) is 12.6. The molecule has 3 aliphatic carbocycles. The zero-order chi connectivity index (χ0) is 13.2. The maximum atomic E-state index is 5.91. The van der Waals surface area contributed by atoms with Crippen LogP contribution in [0.1, 0.15) is 45.4 Å². The second kappa shape index (κ2) is 6.13. The molecular weight excluding hydrogens is 236 g/mol. The lowest BCUT2D eigenvalue weighted by atomic mass is 9.76. The van der Waals surface area contributed by atoms with Gasteiger partial charge in [0.15, 0.2) is 0 Å². The second-order valence-electron chi connectivity index (χ2n) is 7.20. The topological polar surface area (TPSA) is 18.5 Å². The molecule has 0 N–H and O–H groups in total. The van der Waals surface area contributed by atoms with Gasteiger partial charge < -0.3 is 9.47 Å². The molecule has 0 saturated heterocycles. The Bertz CT molecular complexity index is 291. The van der Waals surface area contributed by atoms with E-state index in [1.54, 1.807) is 0 Å². The summed E-state index contributed by atoms with van der Waals surface area (Å²) in [6, 6.07) is 0. The van der Waals surface area contributed by atoms with E-state index < -0.39 is 0 Å². The lowest BCUT2D eigenvalue weighted by molar-refractivity contribution is 0.0545. The zero-order valence-corrected chi connectivity index (χ0v) is 12.6. The van der Waals surface area contributed by atoms with Crippen LogP contribution in [0.3, 0.4) is 0 Å². The van der Waals surface area contributed by atoms with Gasteiger partial charge in [-0.05, 0) is 67.6 Å². The second-order valence-corrected chi connectivity index (χ2v) is 7.20. The highest BCUT2D eigenvalue weighted by Crippen LogP contribution is 2.62. The minimum absolute atomic E-state index is 0.852. The van der Waals surface area contributed by atoms with Crippen molar-refractivity contribution in [3.63, 3.8) is 0 Å². The monoisotopic (exact) mass is 266 g/mol. The number of hydrogen-bond donors (Lipinski definition) is 0. The molecule has 0 radical (unpaired) electrons. The Morgan fingerprint density at radius 2 is 1.79 bits per heavy atom. The van der Waals surface area contributed by atoms with E-state index in [1.165, 1.54) is 38.5 Å². The molecule has 2 bridgehead atoms. The van der Waals surface area contributed by atoms with Crippen LogP contribution in [0.2, 0.25) is 0 Å². The van der Waals surface area contributed by atoms with Crippen molar-refractivity contribution in [3.05, 3.63) is 0 Å². The molecule has 0 spiro atoms. The molecule has 3 saturated carbocycles. The lowest BCUT2D eigenvalue weighted by Crippen LogP contribution is -2.27. The summed E-state index contributed by atoms with van der Waals surface area (Å²) in [5.74, 6) is 5.79. The van der Waals surface area contributed by atoms with Gasteiger partial charge in [0.25, 0.3) is 0 Å². The Morgan fingerprint density at radius 1 is 0.947 bits per heavy atom. The van der Waals surface area contributed by atoms with Crippen molar-refractivity contribution in [2.45, 2.75) is 45.4 Å². The van der Waals surface area contributed by atoms with Crippen molar-refractivity contribution in [1.82, 2.24) is 0 Å². The molecule has 2 nitrogen and oxygen atoms in total. The van der Waals surface area contributed by atoms with Gasteiger partial charge in [-0.15, -0.1) is 0 Å². The van der Waals surface area contributed by atoms with Gasteiger partial charge >= 0.3 is 0 Å². The van der Waals surface area contributed by atoms with Gasteiger partial charge in [-0.2, -0.15) is 0 Å². The van der Waals surface area contributed by atoms with E-state index in [1.807, 2.05) is 7.11 Å². The molecule has 0 amide bonds. The van der Waals surface area contributed by atoms with Gasteiger partial charge in [0, 0.05) is 26.9 Å². The van der Waals surface area contributed by atoms with Crippen LogP contribution in [-0.2, 0) is 9.47 Å².